The molecule has 0 bridgehead atoms. The number of aromatic amines is 1. The van der Waals surface area contributed by atoms with Gasteiger partial charge in [0, 0.05) is 30.7 Å². The maximum absolute atomic E-state index is 13.2. The Balaban J connectivity index is 1.27. The first-order valence-electron chi connectivity index (χ1n) is 10.2. The topological polar surface area (TPSA) is 161 Å². The van der Waals surface area contributed by atoms with Crippen LogP contribution in [0.5, 0.6) is 0 Å². The van der Waals surface area contributed by atoms with Crippen molar-refractivity contribution in [1.29, 1.82) is 0 Å². The number of nitrogen functional groups attached to an aromatic ring is 1. The number of aromatic nitrogens is 6. The first-order valence-corrected chi connectivity index (χ1v) is 10.2. The highest BCUT2D eigenvalue weighted by Gasteiger charge is 2.39. The Kier molecular flexibility index (Phi) is 4.35. The van der Waals surface area contributed by atoms with Crippen LogP contribution in [0.3, 0.4) is 0 Å². The Morgan fingerprint density at radius 2 is 1.97 bits per heavy atom. The molecule has 4 aromatic heterocycles. The molecular formula is C21H18N8O4. The third-order valence-corrected chi connectivity index (χ3v) is 5.56. The molecule has 0 spiro atoms. The van der Waals surface area contributed by atoms with Crippen LogP contribution in [0.25, 0.3) is 27.7 Å². The van der Waals surface area contributed by atoms with Gasteiger partial charge in [0.15, 0.2) is 23.3 Å². The number of nitrogens with zero attached hydrogens (tertiary/aromatic N) is 6. The summed E-state index contributed by atoms with van der Waals surface area (Å²) in [6, 6.07) is 8.73. The van der Waals surface area contributed by atoms with Gasteiger partial charge in [-0.1, -0.05) is 0 Å². The second-order valence-electron chi connectivity index (χ2n) is 7.59. The summed E-state index contributed by atoms with van der Waals surface area (Å²) in [5.41, 5.74) is 8.21. The molecule has 166 valence electrons. The van der Waals surface area contributed by atoms with E-state index >= 15 is 0 Å². The van der Waals surface area contributed by atoms with Crippen LogP contribution >= 0.6 is 0 Å². The lowest BCUT2D eigenvalue weighted by Crippen LogP contribution is -2.50. The van der Waals surface area contributed by atoms with Gasteiger partial charge in [-0.25, -0.2) is 19.8 Å². The maximum Gasteiger partial charge on any atom is 0.260 e. The molecule has 0 saturated carbocycles. The van der Waals surface area contributed by atoms with E-state index in [2.05, 4.69) is 25.2 Å². The number of H-pyrrole nitrogens is 1. The molecule has 0 unspecified atom stereocenters. The lowest BCUT2D eigenvalue weighted by Gasteiger charge is -2.32. The molecule has 6 rings (SSSR count). The highest BCUT2D eigenvalue weighted by Crippen LogP contribution is 2.29. The van der Waals surface area contributed by atoms with E-state index in [9.17, 15) is 9.90 Å². The smallest absolute Gasteiger partial charge is 0.260 e. The monoisotopic (exact) mass is 446 g/mol. The lowest BCUT2D eigenvalue weighted by molar-refractivity contribution is -0.143. The predicted octanol–water partition coefficient (Wildman–Crippen LogP) is 1.33. The molecule has 1 saturated heterocycles. The van der Waals surface area contributed by atoms with E-state index in [1.807, 2.05) is 12.1 Å². The number of morpholine rings is 1. The average Bonchev–Trinajstić information content (AvgIpc) is 3.57. The normalized spacial score (nSPS) is 17.8. The van der Waals surface area contributed by atoms with Gasteiger partial charge in [0.25, 0.3) is 5.91 Å². The van der Waals surface area contributed by atoms with Crippen molar-refractivity contribution in [2.45, 2.75) is 12.2 Å². The van der Waals surface area contributed by atoms with Crippen molar-refractivity contribution in [3.05, 3.63) is 54.7 Å². The summed E-state index contributed by atoms with van der Waals surface area (Å²) in [6.07, 6.45) is 2.56. The fraction of sp³-hybridized carbons (Fsp3) is 0.190. The van der Waals surface area contributed by atoms with Crippen molar-refractivity contribution < 1.29 is 19.2 Å². The highest BCUT2D eigenvalue weighted by molar-refractivity contribution is 5.98. The summed E-state index contributed by atoms with van der Waals surface area (Å²) in [5, 5.41) is 18.7. The number of fused-ring (bicyclic) bond motifs is 2. The van der Waals surface area contributed by atoms with Gasteiger partial charge in [-0.05, 0) is 18.2 Å². The van der Waals surface area contributed by atoms with E-state index in [0.29, 0.717) is 40.2 Å². The van der Waals surface area contributed by atoms with E-state index in [-0.39, 0.29) is 12.4 Å². The van der Waals surface area contributed by atoms with Crippen LogP contribution < -0.4 is 10.6 Å². The number of benzene rings is 1. The minimum Gasteiger partial charge on any atom is -0.382 e. The molecule has 12 heteroatoms. The van der Waals surface area contributed by atoms with Crippen molar-refractivity contribution >= 4 is 39.5 Å². The minimum atomic E-state index is -1.36. The number of amides is 1. The standard InChI is InChI=1S/C21H18N8O4/c22-19-12-9-13-14(10-15(12)33-27-19)25-20(24-13)17(30)18-21(31)28(7-8-32-18)16-3-6-29(26-16)11-1-4-23-5-2-11/h1-6,9-10,17-18,27,30H,7-8,22H2/t17-,18-/m1/s1. The SMILES string of the molecule is Nc1[nH]oc2cc3nc([C@H](O)[C@H]4OCCN(c5ccn(-c6ccncc6)n5)C4=O)nc3cc12. The number of nitrogens with two attached hydrogens (primary N) is 1. The number of hydrogen-bond acceptors (Lipinski definition) is 9. The van der Waals surface area contributed by atoms with Crippen molar-refractivity contribution in [1.82, 2.24) is 29.9 Å². The molecule has 0 radical (unpaired) electrons. The number of rotatable bonds is 4. The quantitative estimate of drug-likeness (QED) is 0.370. The first-order chi connectivity index (χ1) is 16.1. The van der Waals surface area contributed by atoms with E-state index in [4.69, 9.17) is 15.0 Å². The fourth-order valence-electron chi connectivity index (χ4n) is 3.89. The van der Waals surface area contributed by atoms with Crippen LogP contribution in [0, 0.1) is 0 Å². The van der Waals surface area contributed by atoms with Crippen LogP contribution in [-0.4, -0.2) is 60.2 Å². The van der Waals surface area contributed by atoms with Crippen molar-refractivity contribution in [2.75, 3.05) is 23.8 Å². The third-order valence-electron chi connectivity index (χ3n) is 5.56. The zero-order valence-corrected chi connectivity index (χ0v) is 17.1. The minimum absolute atomic E-state index is 0.0859. The van der Waals surface area contributed by atoms with Gasteiger partial charge in [-0.15, -0.1) is 5.10 Å². The van der Waals surface area contributed by atoms with Gasteiger partial charge in [0.05, 0.1) is 35.3 Å². The Labute approximate surface area is 185 Å². The van der Waals surface area contributed by atoms with Crippen molar-refractivity contribution in [3.63, 3.8) is 0 Å². The van der Waals surface area contributed by atoms with E-state index in [1.165, 1.54) is 4.90 Å². The van der Waals surface area contributed by atoms with Gasteiger partial charge < -0.3 is 20.1 Å². The maximum atomic E-state index is 13.2. The number of carbonyl (C=O) groups is 1. The molecular weight excluding hydrogens is 428 g/mol. The Bertz CT molecular complexity index is 1470. The molecule has 2 atom stereocenters. The molecule has 5 heterocycles. The average molecular weight is 446 g/mol. The van der Waals surface area contributed by atoms with Gasteiger partial charge in [0.2, 0.25) is 0 Å². The third kappa shape index (κ3) is 3.20. The Morgan fingerprint density at radius 3 is 2.79 bits per heavy atom. The lowest BCUT2D eigenvalue weighted by atomic mass is 10.1. The van der Waals surface area contributed by atoms with Gasteiger partial charge >= 0.3 is 0 Å². The molecule has 1 aliphatic heterocycles. The number of aliphatic hydroxyl groups excluding tert-OH is 1. The highest BCUT2D eigenvalue weighted by atomic mass is 16.5. The van der Waals surface area contributed by atoms with E-state index in [1.54, 1.807) is 41.5 Å². The molecule has 1 aliphatic rings. The summed E-state index contributed by atoms with van der Waals surface area (Å²) >= 11 is 0. The molecule has 0 aliphatic carbocycles. The Hall–Kier alpha value is -4.29. The van der Waals surface area contributed by atoms with Gasteiger partial charge in [-0.2, -0.15) is 0 Å². The summed E-state index contributed by atoms with van der Waals surface area (Å²) in [4.78, 5) is 27.4. The van der Waals surface area contributed by atoms with Crippen LogP contribution in [0.1, 0.15) is 11.9 Å². The van der Waals surface area contributed by atoms with Gasteiger partial charge in [-0.3, -0.25) is 14.7 Å². The fourth-order valence-corrected chi connectivity index (χ4v) is 3.89. The largest absolute Gasteiger partial charge is 0.382 e. The zero-order valence-electron chi connectivity index (χ0n) is 17.1. The van der Waals surface area contributed by atoms with Crippen molar-refractivity contribution in [3.8, 4) is 5.69 Å². The first kappa shape index (κ1) is 19.4. The molecule has 33 heavy (non-hydrogen) atoms. The number of carbonyl (C=O) groups excluding carboxylic acids is 1. The van der Waals surface area contributed by atoms with E-state index in [0.717, 1.165) is 5.69 Å². The molecule has 1 aromatic carbocycles. The summed E-state index contributed by atoms with van der Waals surface area (Å²) in [5.74, 6) is 0.487. The second kappa shape index (κ2) is 7.39. The number of anilines is 2. The summed E-state index contributed by atoms with van der Waals surface area (Å²) < 4.78 is 12.5. The number of nitrogens with one attached hydrogen (secondary N) is 1. The number of hydrogen-bond donors (Lipinski definition) is 3. The summed E-state index contributed by atoms with van der Waals surface area (Å²) in [7, 11) is 0. The van der Waals surface area contributed by atoms with Crippen LogP contribution in [-0.2, 0) is 9.53 Å². The summed E-state index contributed by atoms with van der Waals surface area (Å²) in [6.45, 7) is 0.542. The van der Waals surface area contributed by atoms with E-state index < -0.39 is 18.1 Å². The molecule has 4 N–H and O–H groups in total. The predicted molar refractivity (Wildman–Crippen MR) is 116 cm³/mol. The van der Waals surface area contributed by atoms with Crippen LogP contribution in [0.4, 0.5) is 11.6 Å². The molecule has 12 nitrogen and oxygen atoms in total. The van der Waals surface area contributed by atoms with Gasteiger partial charge in [0.1, 0.15) is 11.9 Å². The number of pyridine rings is 1. The molecule has 1 amide bonds. The Morgan fingerprint density at radius 1 is 1.18 bits per heavy atom. The van der Waals surface area contributed by atoms with Crippen LogP contribution in [0.15, 0.2) is 53.4 Å². The number of aliphatic hydroxyl groups is 1. The molecule has 5 aromatic rings. The number of ether oxygens (including phenoxy) is 1. The zero-order chi connectivity index (χ0) is 22.5. The van der Waals surface area contributed by atoms with Crippen LogP contribution in [0.2, 0.25) is 0 Å². The molecule has 1 fully saturated rings. The second-order valence-corrected chi connectivity index (χ2v) is 7.59. The number of imidazole rings is 1. The van der Waals surface area contributed by atoms with Crippen molar-refractivity contribution in [2.24, 2.45) is 0 Å².